The highest BCUT2D eigenvalue weighted by atomic mass is 16.3. The Morgan fingerprint density at radius 1 is 0.274 bits per heavy atom. The molecule has 0 atom stereocenters. The SMILES string of the molecule is c1cc(-c2ccc(N(c3ccc(-c4ccc(-c5ccc(-n6c7ccccc7c7ccccc76)cc5)cc4)cc3)c3ccc(-c4ccc5ccccc5c4)cc3)cc2)cc(-c2cccc3oc4ccccc4c23)c1. The standard InChI is InChI=1S/C70H46N2O/c1-2-12-54-45-56(28-27-47(54)11-1)53-35-41-60(42-36-53)71(59-39-33-52(34-40-59)55-13-9-14-57(46-55)62-18-10-22-69-70(62)65-17-5-8-21-68(65)73-69)58-37-29-50(30-38-58)48-23-25-49(26-24-48)51-31-43-61(44-32-51)72-66-19-6-3-15-63(66)64-16-4-7-20-67(64)72/h1-46H. The molecule has 14 rings (SSSR count). The van der Waals surface area contributed by atoms with Crippen molar-refractivity contribution in [1.82, 2.24) is 4.57 Å². The van der Waals surface area contributed by atoms with Crippen LogP contribution in [0.4, 0.5) is 17.1 Å². The second-order valence-electron chi connectivity index (χ2n) is 18.9. The Hall–Kier alpha value is -9.70. The fourth-order valence-electron chi connectivity index (χ4n) is 11.0. The van der Waals surface area contributed by atoms with Crippen LogP contribution >= 0.6 is 0 Å². The zero-order valence-electron chi connectivity index (χ0n) is 39.9. The molecule has 0 fully saturated rings. The Labute approximate surface area is 423 Å². The zero-order chi connectivity index (χ0) is 48.2. The van der Waals surface area contributed by atoms with Gasteiger partial charge < -0.3 is 13.9 Å². The molecule has 0 spiro atoms. The number of aromatic nitrogens is 1. The summed E-state index contributed by atoms with van der Waals surface area (Å²) in [6, 6.07) is 101. The van der Waals surface area contributed by atoms with Crippen LogP contribution in [0.25, 0.3) is 116 Å². The molecule has 2 aromatic heterocycles. The molecule has 0 saturated heterocycles. The first kappa shape index (κ1) is 42.2. The van der Waals surface area contributed by atoms with Crippen LogP contribution < -0.4 is 4.90 Å². The number of anilines is 3. The molecular formula is C70H46N2O. The third-order valence-electron chi connectivity index (χ3n) is 14.6. The molecule has 3 heteroatoms. The van der Waals surface area contributed by atoms with Crippen LogP contribution in [0.5, 0.6) is 0 Å². The molecule has 0 radical (unpaired) electrons. The van der Waals surface area contributed by atoms with Crippen molar-refractivity contribution in [3.05, 3.63) is 279 Å². The lowest BCUT2D eigenvalue weighted by atomic mass is 9.96. The molecule has 14 aromatic rings. The first-order valence-electron chi connectivity index (χ1n) is 25.0. The maximum atomic E-state index is 6.25. The van der Waals surface area contributed by atoms with Gasteiger partial charge in [-0.3, -0.25) is 0 Å². The maximum Gasteiger partial charge on any atom is 0.136 e. The van der Waals surface area contributed by atoms with E-state index >= 15 is 0 Å². The summed E-state index contributed by atoms with van der Waals surface area (Å²) in [6.07, 6.45) is 0. The second kappa shape index (κ2) is 17.6. The fourth-order valence-corrected chi connectivity index (χ4v) is 11.0. The summed E-state index contributed by atoms with van der Waals surface area (Å²) < 4.78 is 8.62. The lowest BCUT2D eigenvalue weighted by Gasteiger charge is -2.26. The molecule has 0 aliphatic rings. The molecule has 0 amide bonds. The lowest BCUT2D eigenvalue weighted by Crippen LogP contribution is -2.09. The van der Waals surface area contributed by atoms with Crippen molar-refractivity contribution in [2.24, 2.45) is 0 Å². The fraction of sp³-hybridized carbons (Fsp3) is 0. The highest BCUT2D eigenvalue weighted by molar-refractivity contribution is 6.13. The van der Waals surface area contributed by atoms with Crippen LogP contribution in [-0.2, 0) is 0 Å². The van der Waals surface area contributed by atoms with Crippen molar-refractivity contribution in [1.29, 1.82) is 0 Å². The smallest absolute Gasteiger partial charge is 0.136 e. The van der Waals surface area contributed by atoms with Gasteiger partial charge in [0.05, 0.1) is 11.0 Å². The summed E-state index contributed by atoms with van der Waals surface area (Å²) in [5, 5.41) is 7.30. The van der Waals surface area contributed by atoms with Crippen LogP contribution in [0.2, 0.25) is 0 Å². The molecular weight excluding hydrogens is 885 g/mol. The van der Waals surface area contributed by atoms with Crippen LogP contribution in [0, 0.1) is 0 Å². The van der Waals surface area contributed by atoms with E-state index in [-0.39, 0.29) is 0 Å². The van der Waals surface area contributed by atoms with Crippen molar-refractivity contribution in [3.8, 4) is 61.3 Å². The minimum Gasteiger partial charge on any atom is -0.456 e. The van der Waals surface area contributed by atoms with Crippen molar-refractivity contribution < 1.29 is 4.42 Å². The van der Waals surface area contributed by atoms with E-state index in [0.29, 0.717) is 0 Å². The number of fused-ring (bicyclic) bond motifs is 7. The van der Waals surface area contributed by atoms with Crippen LogP contribution in [0.1, 0.15) is 0 Å². The number of benzene rings is 12. The largest absolute Gasteiger partial charge is 0.456 e. The molecule has 3 nitrogen and oxygen atoms in total. The van der Waals surface area contributed by atoms with Crippen LogP contribution in [0.15, 0.2) is 283 Å². The van der Waals surface area contributed by atoms with Gasteiger partial charge in [-0.15, -0.1) is 0 Å². The minimum atomic E-state index is 0.902. The van der Waals surface area contributed by atoms with Crippen molar-refractivity contribution in [3.63, 3.8) is 0 Å². The van der Waals surface area contributed by atoms with E-state index < -0.39 is 0 Å². The number of nitrogens with zero attached hydrogens (tertiary/aromatic N) is 2. The van der Waals surface area contributed by atoms with E-state index in [1.165, 1.54) is 66.0 Å². The lowest BCUT2D eigenvalue weighted by molar-refractivity contribution is 0.669. The summed E-state index contributed by atoms with van der Waals surface area (Å²) in [6.45, 7) is 0. The highest BCUT2D eigenvalue weighted by Crippen LogP contribution is 2.41. The first-order chi connectivity index (χ1) is 36.2. The monoisotopic (exact) mass is 930 g/mol. The highest BCUT2D eigenvalue weighted by Gasteiger charge is 2.17. The average molecular weight is 931 g/mol. The summed E-state index contributed by atoms with van der Waals surface area (Å²) in [4.78, 5) is 2.35. The van der Waals surface area contributed by atoms with Gasteiger partial charge in [-0.1, -0.05) is 194 Å². The van der Waals surface area contributed by atoms with Gasteiger partial charge in [-0.05, 0) is 151 Å². The van der Waals surface area contributed by atoms with Gasteiger partial charge in [-0.2, -0.15) is 0 Å². The second-order valence-corrected chi connectivity index (χ2v) is 18.9. The van der Waals surface area contributed by atoms with Crippen molar-refractivity contribution in [2.45, 2.75) is 0 Å². The molecule has 0 aliphatic heterocycles. The summed E-state index contributed by atoms with van der Waals surface area (Å²) in [5.74, 6) is 0. The predicted molar refractivity (Wildman–Crippen MR) is 307 cm³/mol. The van der Waals surface area contributed by atoms with Gasteiger partial charge >= 0.3 is 0 Å². The number of hydrogen-bond acceptors (Lipinski definition) is 2. The van der Waals surface area contributed by atoms with Crippen molar-refractivity contribution in [2.75, 3.05) is 4.90 Å². The van der Waals surface area contributed by atoms with Crippen molar-refractivity contribution >= 4 is 71.6 Å². The normalized spacial score (nSPS) is 11.6. The molecule has 342 valence electrons. The third-order valence-corrected chi connectivity index (χ3v) is 14.6. The van der Waals surface area contributed by atoms with Gasteiger partial charge in [0.2, 0.25) is 0 Å². The molecule has 0 bridgehead atoms. The van der Waals surface area contributed by atoms with E-state index in [9.17, 15) is 0 Å². The number of para-hydroxylation sites is 3. The Morgan fingerprint density at radius 3 is 1.30 bits per heavy atom. The summed E-state index contributed by atoms with van der Waals surface area (Å²) in [5.41, 5.74) is 20.4. The van der Waals surface area contributed by atoms with Crippen LogP contribution in [-0.4, -0.2) is 4.57 Å². The van der Waals surface area contributed by atoms with E-state index in [0.717, 1.165) is 66.9 Å². The Balaban J connectivity index is 0.768. The number of rotatable bonds is 9. The third kappa shape index (κ3) is 7.54. The first-order valence-corrected chi connectivity index (χ1v) is 25.0. The zero-order valence-corrected chi connectivity index (χ0v) is 39.9. The van der Waals surface area contributed by atoms with E-state index in [1.54, 1.807) is 0 Å². The number of furan rings is 1. The molecule has 0 N–H and O–H groups in total. The molecule has 0 unspecified atom stereocenters. The summed E-state index contributed by atoms with van der Waals surface area (Å²) >= 11 is 0. The molecule has 73 heavy (non-hydrogen) atoms. The van der Waals surface area contributed by atoms with Gasteiger partial charge in [0.15, 0.2) is 0 Å². The molecule has 2 heterocycles. The summed E-state index contributed by atoms with van der Waals surface area (Å²) in [7, 11) is 0. The predicted octanol–water partition coefficient (Wildman–Crippen LogP) is 19.6. The van der Waals surface area contributed by atoms with E-state index in [2.05, 4.69) is 276 Å². The Bertz CT molecular complexity index is 4280. The van der Waals surface area contributed by atoms with Gasteiger partial charge in [0, 0.05) is 44.3 Å². The molecule has 0 aliphatic carbocycles. The van der Waals surface area contributed by atoms with E-state index in [1.807, 2.05) is 12.1 Å². The topological polar surface area (TPSA) is 21.3 Å². The molecule has 0 saturated carbocycles. The minimum absolute atomic E-state index is 0.902. The Morgan fingerprint density at radius 2 is 0.699 bits per heavy atom. The number of hydrogen-bond donors (Lipinski definition) is 0. The van der Waals surface area contributed by atoms with Crippen LogP contribution in [0.3, 0.4) is 0 Å². The van der Waals surface area contributed by atoms with Gasteiger partial charge in [0.25, 0.3) is 0 Å². The average Bonchev–Trinajstić information content (AvgIpc) is 4.02. The molecule has 12 aromatic carbocycles. The quantitative estimate of drug-likeness (QED) is 0.144. The Kier molecular flexibility index (Phi) is 10.2. The van der Waals surface area contributed by atoms with Gasteiger partial charge in [-0.25, -0.2) is 0 Å². The van der Waals surface area contributed by atoms with Gasteiger partial charge in [0.1, 0.15) is 11.2 Å². The maximum absolute atomic E-state index is 6.25. The van der Waals surface area contributed by atoms with E-state index in [4.69, 9.17) is 4.42 Å².